The second-order valence-corrected chi connectivity index (χ2v) is 3.56. The smallest absolute Gasteiger partial charge is 0.220 e. The Labute approximate surface area is 73.2 Å². The van der Waals surface area contributed by atoms with Crippen LogP contribution in [0.25, 0.3) is 0 Å². The van der Waals surface area contributed by atoms with Gasteiger partial charge in [0.25, 0.3) is 0 Å². The van der Waals surface area contributed by atoms with Gasteiger partial charge in [-0.2, -0.15) is 0 Å². The van der Waals surface area contributed by atoms with E-state index in [9.17, 15) is 4.79 Å². The summed E-state index contributed by atoms with van der Waals surface area (Å²) in [5.74, 6) is 0.565. The minimum atomic E-state index is 0.163. The molecule has 1 fully saturated rings. The zero-order valence-electron chi connectivity index (χ0n) is 7.55. The number of rotatable bonds is 3. The molecule has 2 unspecified atom stereocenters. The van der Waals surface area contributed by atoms with Crippen LogP contribution in [0.5, 0.6) is 0 Å². The van der Waals surface area contributed by atoms with Gasteiger partial charge in [0, 0.05) is 19.1 Å². The average Bonchev–Trinajstić information content (AvgIpc) is 2.05. The first-order valence-corrected chi connectivity index (χ1v) is 4.64. The maximum absolute atomic E-state index is 11.0. The monoisotopic (exact) mass is 171 g/mol. The second kappa shape index (κ2) is 4.45. The molecule has 0 radical (unpaired) electrons. The van der Waals surface area contributed by atoms with E-state index in [0.717, 1.165) is 19.3 Å². The summed E-state index contributed by atoms with van der Waals surface area (Å²) in [4.78, 5) is 11.0. The van der Waals surface area contributed by atoms with E-state index in [0.29, 0.717) is 18.4 Å². The van der Waals surface area contributed by atoms with Crippen molar-refractivity contribution in [3.63, 3.8) is 0 Å². The molecule has 1 aliphatic heterocycles. The molecule has 0 spiro atoms. The van der Waals surface area contributed by atoms with Crippen LogP contribution in [-0.4, -0.2) is 23.7 Å². The number of carbonyl (C=O) groups is 1. The average molecular weight is 171 g/mol. The lowest BCUT2D eigenvalue weighted by atomic mass is 9.91. The Balaban J connectivity index is 2.34. The van der Waals surface area contributed by atoms with E-state index in [-0.39, 0.29) is 12.5 Å². The molecule has 12 heavy (non-hydrogen) atoms. The molecule has 3 heteroatoms. The SMILES string of the molecule is CC(CCO)C1CCCC(=O)N1. The van der Waals surface area contributed by atoms with Crippen LogP contribution < -0.4 is 5.32 Å². The fraction of sp³-hybridized carbons (Fsp3) is 0.889. The number of aliphatic hydroxyl groups is 1. The molecule has 0 aromatic carbocycles. The molecule has 0 aromatic rings. The van der Waals surface area contributed by atoms with E-state index < -0.39 is 0 Å². The van der Waals surface area contributed by atoms with Crippen LogP contribution >= 0.6 is 0 Å². The van der Waals surface area contributed by atoms with E-state index in [1.54, 1.807) is 0 Å². The minimum Gasteiger partial charge on any atom is -0.396 e. The van der Waals surface area contributed by atoms with Crippen molar-refractivity contribution in [3.8, 4) is 0 Å². The van der Waals surface area contributed by atoms with E-state index in [4.69, 9.17) is 5.11 Å². The lowest BCUT2D eigenvalue weighted by Gasteiger charge is -2.28. The number of carbonyl (C=O) groups excluding carboxylic acids is 1. The van der Waals surface area contributed by atoms with Crippen LogP contribution in [0.1, 0.15) is 32.6 Å². The van der Waals surface area contributed by atoms with Gasteiger partial charge in [0.05, 0.1) is 0 Å². The molecule has 70 valence electrons. The summed E-state index contributed by atoms with van der Waals surface area (Å²) in [6.07, 6.45) is 3.51. The van der Waals surface area contributed by atoms with Crippen LogP contribution in [0.2, 0.25) is 0 Å². The molecular weight excluding hydrogens is 154 g/mol. The zero-order chi connectivity index (χ0) is 8.97. The normalized spacial score (nSPS) is 26.5. The van der Waals surface area contributed by atoms with E-state index in [2.05, 4.69) is 12.2 Å². The summed E-state index contributed by atoms with van der Waals surface area (Å²) in [6, 6.07) is 0.290. The van der Waals surface area contributed by atoms with Gasteiger partial charge < -0.3 is 10.4 Å². The Morgan fingerprint density at radius 1 is 1.75 bits per heavy atom. The molecule has 0 saturated carbocycles. The number of hydrogen-bond acceptors (Lipinski definition) is 2. The summed E-state index contributed by atoms with van der Waals surface area (Å²) in [5.41, 5.74) is 0. The number of hydrogen-bond donors (Lipinski definition) is 2. The molecule has 1 rings (SSSR count). The number of piperidine rings is 1. The van der Waals surface area contributed by atoms with Gasteiger partial charge in [0.1, 0.15) is 0 Å². The molecule has 0 bridgehead atoms. The number of amides is 1. The molecule has 1 saturated heterocycles. The van der Waals surface area contributed by atoms with Crippen LogP contribution in [0.3, 0.4) is 0 Å². The van der Waals surface area contributed by atoms with Gasteiger partial charge in [0.2, 0.25) is 5.91 Å². The van der Waals surface area contributed by atoms with Gasteiger partial charge in [-0.3, -0.25) is 4.79 Å². The first kappa shape index (κ1) is 9.52. The first-order valence-electron chi connectivity index (χ1n) is 4.64. The summed E-state index contributed by atoms with van der Waals surface area (Å²) in [7, 11) is 0. The van der Waals surface area contributed by atoms with E-state index in [1.165, 1.54) is 0 Å². The fourth-order valence-electron chi connectivity index (χ4n) is 1.67. The quantitative estimate of drug-likeness (QED) is 0.656. The summed E-state index contributed by atoms with van der Waals surface area (Å²) in [6.45, 7) is 2.29. The predicted octanol–water partition coefficient (Wildman–Crippen LogP) is 0.674. The third-order valence-corrected chi connectivity index (χ3v) is 2.54. The highest BCUT2D eigenvalue weighted by Gasteiger charge is 2.22. The van der Waals surface area contributed by atoms with Crippen molar-refractivity contribution in [3.05, 3.63) is 0 Å². The number of nitrogens with one attached hydrogen (secondary N) is 1. The highest BCUT2D eigenvalue weighted by Crippen LogP contribution is 2.17. The molecule has 1 heterocycles. The van der Waals surface area contributed by atoms with Crippen LogP contribution in [0.4, 0.5) is 0 Å². The third-order valence-electron chi connectivity index (χ3n) is 2.54. The predicted molar refractivity (Wildman–Crippen MR) is 46.6 cm³/mol. The molecule has 1 aliphatic rings. The Morgan fingerprint density at radius 3 is 3.08 bits per heavy atom. The Morgan fingerprint density at radius 2 is 2.50 bits per heavy atom. The highest BCUT2D eigenvalue weighted by atomic mass is 16.3. The van der Waals surface area contributed by atoms with Crippen molar-refractivity contribution in [2.45, 2.75) is 38.6 Å². The number of aliphatic hydroxyl groups excluding tert-OH is 1. The van der Waals surface area contributed by atoms with Crippen LogP contribution in [0.15, 0.2) is 0 Å². The van der Waals surface area contributed by atoms with Crippen molar-refractivity contribution in [2.75, 3.05) is 6.61 Å². The molecule has 1 amide bonds. The van der Waals surface area contributed by atoms with Crippen molar-refractivity contribution in [1.29, 1.82) is 0 Å². The first-order chi connectivity index (χ1) is 5.74. The van der Waals surface area contributed by atoms with E-state index >= 15 is 0 Å². The van der Waals surface area contributed by atoms with Crippen molar-refractivity contribution in [2.24, 2.45) is 5.92 Å². The maximum Gasteiger partial charge on any atom is 0.220 e. The molecule has 3 nitrogen and oxygen atoms in total. The Bertz CT molecular complexity index is 159. The lowest BCUT2D eigenvalue weighted by molar-refractivity contribution is -0.123. The van der Waals surface area contributed by atoms with Gasteiger partial charge in [-0.25, -0.2) is 0 Å². The standard InChI is InChI=1S/C9H17NO2/c1-7(5-6-11)8-3-2-4-9(12)10-8/h7-8,11H,2-6H2,1H3,(H,10,12). The van der Waals surface area contributed by atoms with Gasteiger partial charge in [-0.05, 0) is 25.2 Å². The summed E-state index contributed by atoms with van der Waals surface area (Å²) in [5, 5.41) is 11.7. The van der Waals surface area contributed by atoms with Crippen molar-refractivity contribution in [1.82, 2.24) is 5.32 Å². The Kier molecular flexibility index (Phi) is 3.53. The largest absolute Gasteiger partial charge is 0.396 e. The van der Waals surface area contributed by atoms with Crippen molar-refractivity contribution < 1.29 is 9.90 Å². The zero-order valence-corrected chi connectivity index (χ0v) is 7.55. The second-order valence-electron chi connectivity index (χ2n) is 3.56. The lowest BCUT2D eigenvalue weighted by Crippen LogP contribution is -2.42. The molecular formula is C9H17NO2. The van der Waals surface area contributed by atoms with Crippen LogP contribution in [-0.2, 0) is 4.79 Å². The van der Waals surface area contributed by atoms with Gasteiger partial charge in [-0.15, -0.1) is 0 Å². The van der Waals surface area contributed by atoms with Gasteiger partial charge in [-0.1, -0.05) is 6.92 Å². The van der Waals surface area contributed by atoms with Gasteiger partial charge >= 0.3 is 0 Å². The van der Waals surface area contributed by atoms with E-state index in [1.807, 2.05) is 0 Å². The topological polar surface area (TPSA) is 49.3 Å². The summed E-state index contributed by atoms with van der Waals surface area (Å²) >= 11 is 0. The molecule has 0 aromatic heterocycles. The third kappa shape index (κ3) is 2.48. The molecule has 2 N–H and O–H groups in total. The summed E-state index contributed by atoms with van der Waals surface area (Å²) < 4.78 is 0. The van der Waals surface area contributed by atoms with Crippen molar-refractivity contribution >= 4 is 5.91 Å². The Hall–Kier alpha value is -0.570. The fourth-order valence-corrected chi connectivity index (χ4v) is 1.67. The molecule has 0 aliphatic carbocycles. The van der Waals surface area contributed by atoms with Gasteiger partial charge in [0.15, 0.2) is 0 Å². The minimum absolute atomic E-state index is 0.163. The maximum atomic E-state index is 11.0. The van der Waals surface area contributed by atoms with Crippen LogP contribution in [0, 0.1) is 5.92 Å². The highest BCUT2D eigenvalue weighted by molar-refractivity contribution is 5.76. The molecule has 2 atom stereocenters.